The van der Waals surface area contributed by atoms with Gasteiger partial charge in [-0.15, -0.1) is 0 Å². The molecule has 4 rings (SSSR count). The van der Waals surface area contributed by atoms with Crippen LogP contribution in [0.25, 0.3) is 10.9 Å². The van der Waals surface area contributed by atoms with E-state index in [1.54, 1.807) is 21.9 Å². The van der Waals surface area contributed by atoms with E-state index in [-0.39, 0.29) is 23.5 Å². The van der Waals surface area contributed by atoms with Gasteiger partial charge in [-0.1, -0.05) is 30.3 Å². The molecule has 0 saturated carbocycles. The van der Waals surface area contributed by atoms with Crippen LogP contribution in [0.3, 0.4) is 0 Å². The molecule has 0 radical (unpaired) electrons. The molecule has 1 aromatic heterocycles. The molecule has 8 nitrogen and oxygen atoms in total. The van der Waals surface area contributed by atoms with Crippen LogP contribution in [0, 0.1) is 6.92 Å². The molecule has 0 bridgehead atoms. The van der Waals surface area contributed by atoms with Crippen LogP contribution in [-0.4, -0.2) is 45.5 Å². The predicted molar refractivity (Wildman–Crippen MR) is 128 cm³/mol. The second kappa shape index (κ2) is 10.3. The molecule has 8 heteroatoms. The molecular weight excluding hydrogens is 418 g/mol. The van der Waals surface area contributed by atoms with Crippen LogP contribution in [0.1, 0.15) is 31.2 Å². The van der Waals surface area contributed by atoms with E-state index in [0.29, 0.717) is 37.9 Å². The van der Waals surface area contributed by atoms with Crippen molar-refractivity contribution in [3.8, 4) is 0 Å². The fourth-order valence-electron chi connectivity index (χ4n) is 4.16. The van der Waals surface area contributed by atoms with Crippen molar-refractivity contribution in [2.24, 2.45) is 0 Å². The largest absolute Gasteiger partial charge is 0.353 e. The lowest BCUT2D eigenvalue weighted by Crippen LogP contribution is -2.47. The molecule has 3 aromatic rings. The van der Waals surface area contributed by atoms with E-state index in [1.807, 2.05) is 49.4 Å². The van der Waals surface area contributed by atoms with Gasteiger partial charge in [0.2, 0.25) is 5.91 Å². The summed E-state index contributed by atoms with van der Waals surface area (Å²) >= 11 is 0. The summed E-state index contributed by atoms with van der Waals surface area (Å²) in [5.74, 6) is -0.0279. The Morgan fingerprint density at radius 3 is 2.58 bits per heavy atom. The molecule has 1 aliphatic heterocycles. The van der Waals surface area contributed by atoms with Crippen LogP contribution < -0.4 is 16.2 Å². The summed E-state index contributed by atoms with van der Waals surface area (Å²) in [7, 11) is 0. The number of hydrogen-bond donors (Lipinski definition) is 2. The number of rotatable bonds is 6. The zero-order valence-electron chi connectivity index (χ0n) is 18.8. The number of aryl methyl sites for hydroxylation is 2. The maximum absolute atomic E-state index is 12.7. The van der Waals surface area contributed by atoms with Crippen LogP contribution in [0.4, 0.5) is 10.5 Å². The minimum absolute atomic E-state index is 0.0279. The van der Waals surface area contributed by atoms with E-state index < -0.39 is 0 Å². The molecule has 2 aromatic carbocycles. The van der Waals surface area contributed by atoms with E-state index in [0.717, 1.165) is 29.6 Å². The van der Waals surface area contributed by atoms with Gasteiger partial charge < -0.3 is 15.5 Å². The standard InChI is InChI=1S/C25H29N5O3/c1-18-7-5-10-21-23(18)26-17-30(24(21)32)14-6-11-22(31)27-20-12-15-29(16-13-20)25(33)28-19-8-3-2-4-9-19/h2-5,7-10,17,20H,6,11-16H2,1H3,(H,27,31)(H,28,33). The van der Waals surface area contributed by atoms with Gasteiger partial charge in [0, 0.05) is 37.8 Å². The van der Waals surface area contributed by atoms with Crippen LogP contribution >= 0.6 is 0 Å². The molecule has 2 heterocycles. The van der Waals surface area contributed by atoms with E-state index >= 15 is 0 Å². The second-order valence-electron chi connectivity index (χ2n) is 8.44. The Morgan fingerprint density at radius 2 is 1.82 bits per heavy atom. The molecule has 0 aliphatic carbocycles. The number of nitrogens with zero attached hydrogens (tertiary/aromatic N) is 3. The number of fused-ring (bicyclic) bond motifs is 1. The third-order valence-electron chi connectivity index (χ3n) is 6.03. The zero-order chi connectivity index (χ0) is 23.2. The van der Waals surface area contributed by atoms with Crippen molar-refractivity contribution >= 4 is 28.5 Å². The SMILES string of the molecule is Cc1cccc2c(=O)n(CCCC(=O)NC3CCN(C(=O)Nc4ccccc4)CC3)cnc12. The number of carbonyl (C=O) groups is 2. The first-order valence-corrected chi connectivity index (χ1v) is 11.4. The first-order chi connectivity index (χ1) is 16.0. The summed E-state index contributed by atoms with van der Waals surface area (Å²) < 4.78 is 1.57. The number of urea groups is 1. The molecule has 3 amide bonds. The average Bonchev–Trinajstić information content (AvgIpc) is 2.82. The maximum atomic E-state index is 12.7. The van der Waals surface area contributed by atoms with Gasteiger partial charge in [-0.05, 0) is 49.9 Å². The van der Waals surface area contributed by atoms with Gasteiger partial charge in [0.15, 0.2) is 0 Å². The Balaban J connectivity index is 1.20. The minimum atomic E-state index is -0.115. The molecule has 1 fully saturated rings. The zero-order valence-corrected chi connectivity index (χ0v) is 18.8. The summed E-state index contributed by atoms with van der Waals surface area (Å²) in [5.41, 5.74) is 2.39. The Morgan fingerprint density at radius 1 is 1.06 bits per heavy atom. The van der Waals surface area contributed by atoms with E-state index in [2.05, 4.69) is 15.6 Å². The highest BCUT2D eigenvalue weighted by Gasteiger charge is 2.23. The Kier molecular flexibility index (Phi) is 7.02. The van der Waals surface area contributed by atoms with Crippen molar-refractivity contribution in [3.05, 3.63) is 70.8 Å². The van der Waals surface area contributed by atoms with Gasteiger partial charge in [-0.3, -0.25) is 14.2 Å². The number of amides is 3. The topological polar surface area (TPSA) is 96.3 Å². The first kappa shape index (κ1) is 22.5. The van der Waals surface area contributed by atoms with E-state index in [1.165, 1.54) is 0 Å². The van der Waals surface area contributed by atoms with Crippen molar-refractivity contribution in [2.75, 3.05) is 18.4 Å². The molecule has 1 saturated heterocycles. The lowest BCUT2D eigenvalue weighted by molar-refractivity contribution is -0.122. The number of anilines is 1. The van der Waals surface area contributed by atoms with Gasteiger partial charge in [-0.2, -0.15) is 0 Å². The Hall–Kier alpha value is -3.68. The van der Waals surface area contributed by atoms with Crippen LogP contribution in [-0.2, 0) is 11.3 Å². The Labute approximate surface area is 192 Å². The minimum Gasteiger partial charge on any atom is -0.353 e. The quantitative estimate of drug-likeness (QED) is 0.606. The molecule has 0 atom stereocenters. The number of para-hydroxylation sites is 2. The number of piperidine rings is 1. The molecule has 0 spiro atoms. The van der Waals surface area contributed by atoms with Crippen LogP contribution in [0.15, 0.2) is 59.7 Å². The normalized spacial score (nSPS) is 14.3. The van der Waals surface area contributed by atoms with Crippen molar-refractivity contribution in [1.29, 1.82) is 0 Å². The third kappa shape index (κ3) is 5.58. The lowest BCUT2D eigenvalue weighted by Gasteiger charge is -2.32. The van der Waals surface area contributed by atoms with Gasteiger partial charge in [0.05, 0.1) is 17.2 Å². The molecule has 172 valence electrons. The number of benzene rings is 2. The maximum Gasteiger partial charge on any atom is 0.321 e. The van der Waals surface area contributed by atoms with Gasteiger partial charge in [0.25, 0.3) is 5.56 Å². The fraction of sp³-hybridized carbons (Fsp3) is 0.360. The average molecular weight is 448 g/mol. The van der Waals surface area contributed by atoms with Gasteiger partial charge in [0.1, 0.15) is 0 Å². The molecule has 2 N–H and O–H groups in total. The van der Waals surface area contributed by atoms with Gasteiger partial charge in [-0.25, -0.2) is 9.78 Å². The van der Waals surface area contributed by atoms with Crippen molar-refractivity contribution in [2.45, 2.75) is 45.2 Å². The summed E-state index contributed by atoms with van der Waals surface area (Å²) in [6, 6.07) is 14.9. The van der Waals surface area contributed by atoms with Crippen LogP contribution in [0.2, 0.25) is 0 Å². The monoisotopic (exact) mass is 447 g/mol. The first-order valence-electron chi connectivity index (χ1n) is 11.4. The summed E-state index contributed by atoms with van der Waals surface area (Å²) in [5, 5.41) is 6.56. The molecule has 0 unspecified atom stereocenters. The number of carbonyl (C=O) groups excluding carboxylic acids is 2. The molecule has 33 heavy (non-hydrogen) atoms. The highest BCUT2D eigenvalue weighted by Crippen LogP contribution is 2.14. The Bertz CT molecular complexity index is 1180. The van der Waals surface area contributed by atoms with Crippen molar-refractivity contribution in [3.63, 3.8) is 0 Å². The third-order valence-corrected chi connectivity index (χ3v) is 6.03. The highest BCUT2D eigenvalue weighted by molar-refractivity contribution is 5.89. The summed E-state index contributed by atoms with van der Waals surface area (Å²) in [4.78, 5) is 43.6. The fourth-order valence-corrected chi connectivity index (χ4v) is 4.16. The van der Waals surface area contributed by atoms with Gasteiger partial charge >= 0.3 is 6.03 Å². The summed E-state index contributed by atoms with van der Waals surface area (Å²) in [6.45, 7) is 3.58. The molecule has 1 aliphatic rings. The number of aromatic nitrogens is 2. The summed E-state index contributed by atoms with van der Waals surface area (Å²) in [6.07, 6.45) is 3.91. The predicted octanol–water partition coefficient (Wildman–Crippen LogP) is 3.30. The number of hydrogen-bond acceptors (Lipinski definition) is 4. The second-order valence-corrected chi connectivity index (χ2v) is 8.44. The van der Waals surface area contributed by atoms with E-state index in [4.69, 9.17) is 0 Å². The van der Waals surface area contributed by atoms with Crippen molar-refractivity contribution in [1.82, 2.24) is 19.8 Å². The lowest BCUT2D eigenvalue weighted by atomic mass is 10.0. The smallest absolute Gasteiger partial charge is 0.321 e. The van der Waals surface area contributed by atoms with E-state index in [9.17, 15) is 14.4 Å². The number of likely N-dealkylation sites (tertiary alicyclic amines) is 1. The van der Waals surface area contributed by atoms with Crippen molar-refractivity contribution < 1.29 is 9.59 Å². The van der Waals surface area contributed by atoms with Crippen LogP contribution in [0.5, 0.6) is 0 Å². The highest BCUT2D eigenvalue weighted by atomic mass is 16.2. The number of nitrogens with one attached hydrogen (secondary N) is 2. The molecular formula is C25H29N5O3.